The molecule has 1 atom stereocenters. The highest BCUT2D eigenvalue weighted by Gasteiger charge is 2.40. The van der Waals surface area contributed by atoms with Crippen molar-refractivity contribution in [3.8, 4) is 0 Å². The summed E-state index contributed by atoms with van der Waals surface area (Å²) < 4.78 is 38.9. The van der Waals surface area contributed by atoms with Gasteiger partial charge in [-0.05, 0) is 60.0 Å². The summed E-state index contributed by atoms with van der Waals surface area (Å²) in [5, 5.41) is 13.4. The summed E-state index contributed by atoms with van der Waals surface area (Å²) in [6, 6.07) is 14.5. The number of amides is 2. The average Bonchev–Trinajstić information content (AvgIpc) is 3.51. The van der Waals surface area contributed by atoms with E-state index >= 15 is 0 Å². The molecule has 1 unspecified atom stereocenters. The number of carbonyl (C=O) groups is 3. The van der Waals surface area contributed by atoms with Gasteiger partial charge in [0.25, 0.3) is 11.8 Å². The number of nitrogens with zero attached hydrogens (tertiary/aromatic N) is 3. The van der Waals surface area contributed by atoms with Gasteiger partial charge in [0, 0.05) is 31.0 Å². The van der Waals surface area contributed by atoms with Crippen LogP contribution < -0.4 is 26.2 Å². The van der Waals surface area contributed by atoms with Crippen LogP contribution in [-0.4, -0.2) is 67.3 Å². The summed E-state index contributed by atoms with van der Waals surface area (Å²) in [6.07, 6.45) is 1.83. The first-order chi connectivity index (χ1) is 21.5. The van der Waals surface area contributed by atoms with Crippen LogP contribution in [0.2, 0.25) is 5.02 Å². The van der Waals surface area contributed by atoms with Gasteiger partial charge in [-0.15, -0.1) is 5.53 Å². The SMILES string of the molecule is O=C(O)c1ccc(NC(=O)C2c3cccc(N4CCS(=O)(=O)CC4)c3CCN2C(=O)C2=CN(c3cccc(Cl)c3F)[NH2+]N2)cc1. The second kappa shape index (κ2) is 12.0. The predicted molar refractivity (Wildman–Crippen MR) is 165 cm³/mol. The number of carboxylic acids is 1. The number of fused-ring (bicyclic) bond motifs is 1. The maximum Gasteiger partial charge on any atom is 0.335 e. The lowest BCUT2D eigenvalue weighted by Gasteiger charge is -2.39. The van der Waals surface area contributed by atoms with Crippen LogP contribution in [0.1, 0.15) is 27.5 Å². The molecule has 2 amide bonds. The van der Waals surface area contributed by atoms with Gasteiger partial charge in [0.1, 0.15) is 11.7 Å². The molecule has 3 aromatic carbocycles. The molecule has 0 bridgehead atoms. The van der Waals surface area contributed by atoms with E-state index in [4.69, 9.17) is 11.6 Å². The topological polar surface area (TPSA) is 156 Å². The molecule has 3 aromatic rings. The quantitative estimate of drug-likeness (QED) is 0.291. The highest BCUT2D eigenvalue weighted by atomic mass is 35.5. The lowest BCUT2D eigenvalue weighted by atomic mass is 9.89. The van der Waals surface area contributed by atoms with E-state index in [1.165, 1.54) is 58.0 Å². The third-order valence-electron chi connectivity index (χ3n) is 8.06. The van der Waals surface area contributed by atoms with Gasteiger partial charge >= 0.3 is 5.97 Å². The molecule has 0 spiro atoms. The molecule has 12 nitrogen and oxygen atoms in total. The predicted octanol–water partition coefficient (Wildman–Crippen LogP) is 1.82. The second-order valence-corrected chi connectivity index (χ2v) is 13.5. The fourth-order valence-corrected chi connectivity index (χ4v) is 7.13. The zero-order valence-corrected chi connectivity index (χ0v) is 25.3. The highest BCUT2D eigenvalue weighted by molar-refractivity contribution is 7.91. The van der Waals surface area contributed by atoms with E-state index < -0.39 is 39.5 Å². The minimum Gasteiger partial charge on any atom is -0.478 e. The Labute approximate surface area is 262 Å². The summed E-state index contributed by atoms with van der Waals surface area (Å²) in [5.74, 6) is -2.73. The van der Waals surface area contributed by atoms with Gasteiger partial charge < -0.3 is 20.2 Å². The molecule has 6 rings (SSSR count). The Morgan fingerprint density at radius 2 is 1.67 bits per heavy atom. The molecule has 3 aliphatic rings. The number of nitrogens with one attached hydrogen (secondary N) is 2. The standard InChI is InChI=1S/C30H28ClFN6O6S/c31-22-4-2-6-25(26(22)32)38-17-23(34-35-38)29(40)37-12-11-20-21(3-1-5-24(20)36-13-15-45(43,44)16-14-36)27(37)28(39)33-19-9-7-18(8-10-19)30(41)42/h1-10,17,27,34-35H,11-16H2,(H,33,39)(H,41,42)/p+1. The first-order valence-corrected chi connectivity index (χ1v) is 16.3. The van der Waals surface area contributed by atoms with Crippen LogP contribution in [0.4, 0.5) is 21.5 Å². The number of carboxylic acid groups (broad SMARTS) is 1. The van der Waals surface area contributed by atoms with Gasteiger partial charge in [0.2, 0.25) is 0 Å². The van der Waals surface area contributed by atoms with E-state index in [1.807, 2.05) is 11.0 Å². The smallest absolute Gasteiger partial charge is 0.335 e. The number of aromatic carboxylic acids is 1. The Hall–Kier alpha value is -4.66. The van der Waals surface area contributed by atoms with Crippen LogP contribution in [0.3, 0.4) is 0 Å². The summed E-state index contributed by atoms with van der Waals surface area (Å²) in [6.45, 7) is 0.795. The molecular formula is C30H29ClFN6O6S+. The first kappa shape index (κ1) is 30.4. The molecule has 1 saturated heterocycles. The molecular weight excluding hydrogens is 627 g/mol. The van der Waals surface area contributed by atoms with Gasteiger partial charge in [-0.25, -0.2) is 23.0 Å². The summed E-state index contributed by atoms with van der Waals surface area (Å²) in [7, 11) is -3.12. The van der Waals surface area contributed by atoms with Gasteiger partial charge in [-0.1, -0.05) is 29.8 Å². The lowest BCUT2D eigenvalue weighted by molar-refractivity contribution is -0.700. The van der Waals surface area contributed by atoms with Crippen LogP contribution in [0.25, 0.3) is 0 Å². The molecule has 1 fully saturated rings. The van der Waals surface area contributed by atoms with Gasteiger partial charge in [-0.2, -0.15) is 5.01 Å². The maximum absolute atomic E-state index is 14.7. The van der Waals surface area contributed by atoms with Crippen molar-refractivity contribution in [2.24, 2.45) is 0 Å². The Morgan fingerprint density at radius 1 is 0.978 bits per heavy atom. The second-order valence-electron chi connectivity index (χ2n) is 10.8. The Kier molecular flexibility index (Phi) is 8.12. The number of anilines is 3. The number of hydrogen-bond acceptors (Lipinski definition) is 8. The Bertz CT molecular complexity index is 1820. The largest absolute Gasteiger partial charge is 0.478 e. The molecule has 0 radical (unpaired) electrons. The highest BCUT2D eigenvalue weighted by Crippen LogP contribution is 2.37. The third kappa shape index (κ3) is 6.03. The Balaban J connectivity index is 1.34. The first-order valence-electron chi connectivity index (χ1n) is 14.1. The van der Waals surface area contributed by atoms with Crippen molar-refractivity contribution in [2.45, 2.75) is 12.5 Å². The number of carbonyl (C=O) groups excluding carboxylic acids is 2. The van der Waals surface area contributed by atoms with Gasteiger partial charge in [0.15, 0.2) is 21.4 Å². The molecule has 0 saturated carbocycles. The number of quaternary nitrogens is 1. The van der Waals surface area contributed by atoms with Crippen LogP contribution in [0, 0.1) is 5.82 Å². The van der Waals surface area contributed by atoms with Crippen molar-refractivity contribution in [2.75, 3.05) is 46.4 Å². The van der Waals surface area contributed by atoms with Crippen molar-refractivity contribution in [3.63, 3.8) is 0 Å². The molecule has 234 valence electrons. The van der Waals surface area contributed by atoms with Crippen molar-refractivity contribution >= 4 is 56.3 Å². The minimum atomic E-state index is -3.12. The Morgan fingerprint density at radius 3 is 2.38 bits per heavy atom. The van der Waals surface area contributed by atoms with Gasteiger partial charge in [-0.3, -0.25) is 9.59 Å². The lowest BCUT2D eigenvalue weighted by Crippen LogP contribution is -2.98. The zero-order valence-electron chi connectivity index (χ0n) is 23.7. The zero-order chi connectivity index (χ0) is 31.9. The number of benzene rings is 3. The third-order valence-corrected chi connectivity index (χ3v) is 9.96. The van der Waals surface area contributed by atoms with Gasteiger partial charge in [0.05, 0.1) is 28.3 Å². The summed E-state index contributed by atoms with van der Waals surface area (Å²) >= 11 is 5.95. The van der Waals surface area contributed by atoms with Crippen LogP contribution >= 0.6 is 11.6 Å². The van der Waals surface area contributed by atoms with E-state index in [0.717, 1.165) is 11.3 Å². The van der Waals surface area contributed by atoms with Crippen molar-refractivity contribution in [1.82, 2.24) is 10.3 Å². The molecule has 5 N–H and O–H groups in total. The number of hydrogen-bond donors (Lipinski definition) is 4. The fraction of sp³-hybridized carbons (Fsp3) is 0.233. The molecule has 45 heavy (non-hydrogen) atoms. The molecule has 3 heterocycles. The van der Waals surface area contributed by atoms with Crippen LogP contribution in [0.5, 0.6) is 0 Å². The monoisotopic (exact) mass is 655 g/mol. The minimum absolute atomic E-state index is 0.0254. The molecule has 0 aromatic heterocycles. The number of sulfone groups is 1. The van der Waals surface area contributed by atoms with E-state index in [2.05, 4.69) is 10.7 Å². The van der Waals surface area contributed by atoms with Crippen LogP contribution in [0.15, 0.2) is 72.6 Å². The van der Waals surface area contributed by atoms with Crippen molar-refractivity contribution in [3.05, 3.63) is 100 Å². The summed E-state index contributed by atoms with van der Waals surface area (Å²) in [5.41, 5.74) is 7.17. The average molecular weight is 656 g/mol. The van der Waals surface area contributed by atoms with Crippen LogP contribution in [-0.2, 0) is 25.8 Å². The summed E-state index contributed by atoms with van der Waals surface area (Å²) in [4.78, 5) is 42.7. The molecule has 15 heteroatoms. The molecule has 3 aliphatic heterocycles. The van der Waals surface area contributed by atoms with E-state index in [9.17, 15) is 32.3 Å². The maximum atomic E-state index is 14.7. The number of halogens is 2. The van der Waals surface area contributed by atoms with Crippen molar-refractivity contribution < 1.29 is 37.8 Å². The van der Waals surface area contributed by atoms with E-state index in [0.29, 0.717) is 30.8 Å². The number of nitrogens with two attached hydrogens (primary N) is 1. The molecule has 0 aliphatic carbocycles. The van der Waals surface area contributed by atoms with Crippen molar-refractivity contribution in [1.29, 1.82) is 0 Å². The number of rotatable bonds is 6. The normalized spacial score (nSPS) is 18.9. The van der Waals surface area contributed by atoms with E-state index in [-0.39, 0.29) is 40.0 Å². The fourth-order valence-electron chi connectivity index (χ4n) is 5.76. The van der Waals surface area contributed by atoms with E-state index in [1.54, 1.807) is 18.2 Å².